The molecule has 0 radical (unpaired) electrons. The third-order valence-corrected chi connectivity index (χ3v) is 2.02. The molecule has 1 aromatic heterocycles. The highest BCUT2D eigenvalue weighted by molar-refractivity contribution is 5.52. The minimum Gasteiger partial charge on any atom is -0.476 e. The molecule has 0 aromatic carbocycles. The van der Waals surface area contributed by atoms with Gasteiger partial charge < -0.3 is 10.5 Å². The Bertz CT molecular complexity index is 305. The van der Waals surface area contributed by atoms with E-state index in [-0.39, 0.29) is 6.04 Å². The Hall–Kier alpha value is -1.19. The smallest absolute Gasteiger partial charge is 0.236 e. The molecule has 0 saturated heterocycles. The highest BCUT2D eigenvalue weighted by Gasteiger charge is 2.15. The third kappa shape index (κ3) is 2.00. The quantitative estimate of drug-likeness (QED) is 0.804. The lowest BCUT2D eigenvalue weighted by atomic mass is 10.4. The number of aryl methyl sites for hydroxylation is 1. The van der Waals surface area contributed by atoms with E-state index in [0.29, 0.717) is 18.2 Å². The number of anilines is 1. The van der Waals surface area contributed by atoms with Crippen LogP contribution >= 0.6 is 0 Å². The van der Waals surface area contributed by atoms with Crippen LogP contribution in [0.4, 0.5) is 5.69 Å². The number of hydrogen-bond donors (Lipinski definition) is 1. The van der Waals surface area contributed by atoms with Crippen LogP contribution in [0.5, 0.6) is 5.88 Å². The van der Waals surface area contributed by atoms with Crippen LogP contribution in [-0.4, -0.2) is 16.4 Å². The highest BCUT2D eigenvalue weighted by Crippen LogP contribution is 2.27. The van der Waals surface area contributed by atoms with Crippen molar-refractivity contribution in [1.82, 2.24) is 9.78 Å². The van der Waals surface area contributed by atoms with Gasteiger partial charge in [0, 0.05) is 0 Å². The normalized spacial score (nSPS) is 10.9. The largest absolute Gasteiger partial charge is 0.476 e. The maximum Gasteiger partial charge on any atom is 0.236 e. The Morgan fingerprint density at radius 1 is 1.50 bits per heavy atom. The number of ether oxygens (including phenoxy) is 1. The molecule has 2 N–H and O–H groups in total. The van der Waals surface area contributed by atoms with Crippen LogP contribution in [0.2, 0.25) is 0 Å². The number of nitrogens with zero attached hydrogens (tertiary/aromatic N) is 2. The summed E-state index contributed by atoms with van der Waals surface area (Å²) in [6, 6.07) is 0.276. The number of nitrogens with two attached hydrogens (primary N) is 1. The van der Waals surface area contributed by atoms with Crippen molar-refractivity contribution < 1.29 is 4.74 Å². The second-order valence-electron chi connectivity index (χ2n) is 3.69. The summed E-state index contributed by atoms with van der Waals surface area (Å²) in [4.78, 5) is 0. The Kier molecular flexibility index (Phi) is 3.38. The maximum absolute atomic E-state index is 5.87. The number of rotatable bonds is 4. The van der Waals surface area contributed by atoms with Gasteiger partial charge in [0.15, 0.2) is 0 Å². The van der Waals surface area contributed by atoms with Gasteiger partial charge >= 0.3 is 0 Å². The molecule has 0 spiro atoms. The van der Waals surface area contributed by atoms with E-state index in [2.05, 4.69) is 25.9 Å². The SMILES string of the molecule is CCCOc1c(N)c(C)nn1C(C)C. The maximum atomic E-state index is 5.87. The highest BCUT2D eigenvalue weighted by atomic mass is 16.5. The molecule has 14 heavy (non-hydrogen) atoms. The molecule has 0 unspecified atom stereocenters. The fourth-order valence-corrected chi connectivity index (χ4v) is 1.23. The van der Waals surface area contributed by atoms with E-state index in [1.165, 1.54) is 0 Å². The van der Waals surface area contributed by atoms with E-state index in [1.54, 1.807) is 0 Å². The molecule has 1 heterocycles. The van der Waals surface area contributed by atoms with Crippen molar-refractivity contribution in [1.29, 1.82) is 0 Å². The summed E-state index contributed by atoms with van der Waals surface area (Å²) in [5.41, 5.74) is 7.37. The first-order chi connectivity index (χ1) is 6.57. The topological polar surface area (TPSA) is 53.1 Å². The molecule has 4 heteroatoms. The average Bonchev–Trinajstić information content (AvgIpc) is 2.41. The summed E-state index contributed by atoms with van der Waals surface area (Å²) in [6.07, 6.45) is 0.974. The summed E-state index contributed by atoms with van der Waals surface area (Å²) in [5.74, 6) is 0.708. The fourth-order valence-electron chi connectivity index (χ4n) is 1.23. The van der Waals surface area contributed by atoms with E-state index in [4.69, 9.17) is 10.5 Å². The van der Waals surface area contributed by atoms with Crippen LogP contribution in [-0.2, 0) is 0 Å². The molecule has 0 aliphatic rings. The minimum absolute atomic E-state index is 0.276. The summed E-state index contributed by atoms with van der Waals surface area (Å²) in [7, 11) is 0. The number of hydrogen-bond acceptors (Lipinski definition) is 3. The summed E-state index contributed by atoms with van der Waals surface area (Å²) in [6.45, 7) is 8.77. The van der Waals surface area contributed by atoms with Crippen molar-refractivity contribution in [3.05, 3.63) is 5.69 Å². The van der Waals surface area contributed by atoms with Gasteiger partial charge in [-0.1, -0.05) is 6.92 Å². The van der Waals surface area contributed by atoms with E-state index >= 15 is 0 Å². The molecule has 0 fully saturated rings. The lowest BCUT2D eigenvalue weighted by Crippen LogP contribution is -2.08. The van der Waals surface area contributed by atoms with Gasteiger partial charge in [0.05, 0.1) is 18.3 Å². The Morgan fingerprint density at radius 2 is 2.14 bits per heavy atom. The van der Waals surface area contributed by atoms with Crippen molar-refractivity contribution in [2.45, 2.75) is 40.2 Å². The van der Waals surface area contributed by atoms with Gasteiger partial charge in [-0.05, 0) is 27.2 Å². The van der Waals surface area contributed by atoms with Gasteiger partial charge in [-0.15, -0.1) is 0 Å². The predicted octanol–water partition coefficient (Wildman–Crippen LogP) is 2.14. The van der Waals surface area contributed by atoms with Crippen molar-refractivity contribution in [2.24, 2.45) is 0 Å². The van der Waals surface area contributed by atoms with Crippen molar-refractivity contribution >= 4 is 5.69 Å². The van der Waals surface area contributed by atoms with E-state index < -0.39 is 0 Å². The summed E-state index contributed by atoms with van der Waals surface area (Å²) < 4.78 is 7.41. The molecule has 80 valence electrons. The minimum atomic E-state index is 0.276. The Labute approximate surface area is 85.0 Å². The van der Waals surface area contributed by atoms with Gasteiger partial charge in [0.25, 0.3) is 0 Å². The summed E-state index contributed by atoms with van der Waals surface area (Å²) >= 11 is 0. The number of nitrogen functional groups attached to an aromatic ring is 1. The molecule has 0 aliphatic heterocycles. The second-order valence-corrected chi connectivity index (χ2v) is 3.69. The van der Waals surface area contributed by atoms with Gasteiger partial charge in [0.1, 0.15) is 5.69 Å². The van der Waals surface area contributed by atoms with E-state index in [0.717, 1.165) is 12.1 Å². The van der Waals surface area contributed by atoms with Crippen LogP contribution in [0.15, 0.2) is 0 Å². The Balaban J connectivity index is 2.97. The zero-order valence-electron chi connectivity index (χ0n) is 9.37. The molecule has 0 amide bonds. The van der Waals surface area contributed by atoms with Crippen molar-refractivity contribution in [3.63, 3.8) is 0 Å². The van der Waals surface area contributed by atoms with Crippen LogP contribution in [0.3, 0.4) is 0 Å². The lowest BCUT2D eigenvalue weighted by molar-refractivity contribution is 0.277. The zero-order valence-corrected chi connectivity index (χ0v) is 9.37. The van der Waals surface area contributed by atoms with Crippen LogP contribution < -0.4 is 10.5 Å². The van der Waals surface area contributed by atoms with Gasteiger partial charge in [-0.3, -0.25) is 0 Å². The molecule has 0 aliphatic carbocycles. The Morgan fingerprint density at radius 3 is 2.64 bits per heavy atom. The van der Waals surface area contributed by atoms with Crippen molar-refractivity contribution in [3.8, 4) is 5.88 Å². The predicted molar refractivity (Wildman–Crippen MR) is 57.5 cm³/mol. The van der Waals surface area contributed by atoms with E-state index in [1.807, 2.05) is 11.6 Å². The molecular weight excluding hydrogens is 178 g/mol. The first-order valence-corrected chi connectivity index (χ1v) is 5.05. The fraction of sp³-hybridized carbons (Fsp3) is 0.700. The first-order valence-electron chi connectivity index (χ1n) is 5.05. The van der Waals surface area contributed by atoms with Crippen LogP contribution in [0.25, 0.3) is 0 Å². The molecule has 1 rings (SSSR count). The first kappa shape index (κ1) is 10.9. The van der Waals surface area contributed by atoms with Gasteiger partial charge in [-0.2, -0.15) is 5.10 Å². The molecule has 0 atom stereocenters. The molecule has 0 saturated carbocycles. The van der Waals surface area contributed by atoms with Crippen LogP contribution in [0, 0.1) is 6.92 Å². The molecule has 4 nitrogen and oxygen atoms in total. The van der Waals surface area contributed by atoms with Crippen LogP contribution in [0.1, 0.15) is 38.9 Å². The lowest BCUT2D eigenvalue weighted by Gasteiger charge is -2.11. The number of aromatic nitrogens is 2. The monoisotopic (exact) mass is 197 g/mol. The van der Waals surface area contributed by atoms with E-state index in [9.17, 15) is 0 Å². The average molecular weight is 197 g/mol. The molecular formula is C10H19N3O. The van der Waals surface area contributed by atoms with Gasteiger partial charge in [0.2, 0.25) is 5.88 Å². The second kappa shape index (κ2) is 4.35. The zero-order chi connectivity index (χ0) is 10.7. The molecule has 0 bridgehead atoms. The summed E-state index contributed by atoms with van der Waals surface area (Å²) in [5, 5.41) is 4.33. The standard InChI is InChI=1S/C10H19N3O/c1-5-6-14-10-9(11)8(4)12-13(10)7(2)3/h7H,5-6,11H2,1-4H3. The van der Waals surface area contributed by atoms with Crippen molar-refractivity contribution in [2.75, 3.05) is 12.3 Å². The molecule has 1 aromatic rings. The third-order valence-electron chi connectivity index (χ3n) is 2.02. The van der Waals surface area contributed by atoms with Gasteiger partial charge in [-0.25, -0.2) is 4.68 Å².